The summed E-state index contributed by atoms with van der Waals surface area (Å²) in [7, 11) is 0. The number of piperidine rings is 1. The lowest BCUT2D eigenvalue weighted by atomic mass is 9.94. The lowest BCUT2D eigenvalue weighted by Gasteiger charge is -2.38. The Morgan fingerprint density at radius 2 is 1.96 bits per heavy atom. The van der Waals surface area contributed by atoms with Crippen LogP contribution < -0.4 is 0 Å². The number of likely N-dealkylation sites (tertiary alicyclic amines) is 2. The fraction of sp³-hybridized carbons (Fsp3) is 0.550. The van der Waals surface area contributed by atoms with Gasteiger partial charge in [0.25, 0.3) is 5.91 Å². The summed E-state index contributed by atoms with van der Waals surface area (Å²) in [6.45, 7) is 6.39. The molecule has 28 heavy (non-hydrogen) atoms. The molecule has 8 heteroatoms. The lowest BCUT2D eigenvalue weighted by molar-refractivity contribution is -0.129. The van der Waals surface area contributed by atoms with Gasteiger partial charge in [0.05, 0.1) is 0 Å². The lowest BCUT2D eigenvalue weighted by Crippen LogP contribution is -2.50. The number of hydrogen-bond acceptors (Lipinski definition) is 6. The standard InChI is InChI=1S/C20H25N5O3/c1-13-9-17(3-6-21-13)20(27)25-11-15(12-25)10-18-22-19(23-28-18)16-4-7-24(8-5-16)14(2)26/h3,6,9,15-16H,4-5,7-8,10-12H2,1-2H3. The molecule has 2 aromatic rings. The molecular formula is C20H25N5O3. The van der Waals surface area contributed by atoms with Gasteiger partial charge in [0.15, 0.2) is 5.82 Å². The summed E-state index contributed by atoms with van der Waals surface area (Å²) in [5.74, 6) is 2.16. The van der Waals surface area contributed by atoms with Crippen molar-refractivity contribution < 1.29 is 14.1 Å². The van der Waals surface area contributed by atoms with E-state index in [4.69, 9.17) is 4.52 Å². The molecule has 0 atom stereocenters. The van der Waals surface area contributed by atoms with E-state index in [9.17, 15) is 9.59 Å². The van der Waals surface area contributed by atoms with Crippen LogP contribution in [0.5, 0.6) is 0 Å². The molecule has 0 unspecified atom stereocenters. The number of carbonyl (C=O) groups excluding carboxylic acids is 2. The molecule has 0 bridgehead atoms. The first-order valence-electron chi connectivity index (χ1n) is 9.79. The van der Waals surface area contributed by atoms with Gasteiger partial charge >= 0.3 is 0 Å². The van der Waals surface area contributed by atoms with Gasteiger partial charge in [-0.15, -0.1) is 0 Å². The molecule has 0 radical (unpaired) electrons. The van der Waals surface area contributed by atoms with Crippen LogP contribution in [0.3, 0.4) is 0 Å². The number of aryl methyl sites for hydroxylation is 1. The molecule has 0 spiro atoms. The molecule has 2 saturated heterocycles. The Morgan fingerprint density at radius 1 is 1.21 bits per heavy atom. The summed E-state index contributed by atoms with van der Waals surface area (Å²) in [5.41, 5.74) is 1.53. The highest BCUT2D eigenvalue weighted by Crippen LogP contribution is 2.27. The van der Waals surface area contributed by atoms with E-state index < -0.39 is 0 Å². The summed E-state index contributed by atoms with van der Waals surface area (Å²) >= 11 is 0. The molecule has 0 aromatic carbocycles. The molecule has 0 N–H and O–H groups in total. The van der Waals surface area contributed by atoms with Crippen LogP contribution in [0, 0.1) is 12.8 Å². The molecule has 2 amide bonds. The summed E-state index contributed by atoms with van der Waals surface area (Å²) < 4.78 is 5.44. The Hall–Kier alpha value is -2.77. The van der Waals surface area contributed by atoms with E-state index >= 15 is 0 Å². The maximum Gasteiger partial charge on any atom is 0.253 e. The Balaban J connectivity index is 1.27. The van der Waals surface area contributed by atoms with Crippen molar-refractivity contribution >= 4 is 11.8 Å². The van der Waals surface area contributed by atoms with Crippen LogP contribution in [0.2, 0.25) is 0 Å². The number of carbonyl (C=O) groups is 2. The van der Waals surface area contributed by atoms with Gasteiger partial charge in [-0.2, -0.15) is 4.98 Å². The summed E-state index contributed by atoms with van der Waals surface area (Å²) in [4.78, 5) is 36.3. The Labute approximate surface area is 163 Å². The number of aromatic nitrogens is 3. The van der Waals surface area contributed by atoms with Crippen molar-refractivity contribution in [3.8, 4) is 0 Å². The quantitative estimate of drug-likeness (QED) is 0.800. The first-order chi connectivity index (χ1) is 13.5. The van der Waals surface area contributed by atoms with E-state index in [1.807, 2.05) is 22.8 Å². The highest BCUT2D eigenvalue weighted by atomic mass is 16.5. The smallest absolute Gasteiger partial charge is 0.253 e. The molecule has 2 aromatic heterocycles. The van der Waals surface area contributed by atoms with Crippen molar-refractivity contribution in [2.24, 2.45) is 5.92 Å². The summed E-state index contributed by atoms with van der Waals surface area (Å²) in [6.07, 6.45) is 4.10. The molecule has 4 heterocycles. The van der Waals surface area contributed by atoms with Crippen molar-refractivity contribution in [1.82, 2.24) is 24.9 Å². The third kappa shape index (κ3) is 3.90. The fourth-order valence-electron chi connectivity index (χ4n) is 3.94. The van der Waals surface area contributed by atoms with Gasteiger partial charge in [-0.1, -0.05) is 5.16 Å². The topological polar surface area (TPSA) is 92.4 Å². The third-order valence-electron chi connectivity index (χ3n) is 5.64. The first kappa shape index (κ1) is 18.6. The number of rotatable bonds is 4. The van der Waals surface area contributed by atoms with E-state index in [0.717, 1.165) is 37.4 Å². The fourth-order valence-corrected chi connectivity index (χ4v) is 3.94. The predicted octanol–water partition coefficient (Wildman–Crippen LogP) is 1.81. The van der Waals surface area contributed by atoms with Crippen LogP contribution in [-0.4, -0.2) is 62.9 Å². The van der Waals surface area contributed by atoms with Gasteiger partial charge in [0.2, 0.25) is 11.8 Å². The second-order valence-electron chi connectivity index (χ2n) is 7.79. The molecular weight excluding hydrogens is 358 g/mol. The van der Waals surface area contributed by atoms with Crippen LogP contribution in [0.25, 0.3) is 0 Å². The van der Waals surface area contributed by atoms with Gasteiger partial charge in [0.1, 0.15) is 0 Å². The molecule has 2 aliphatic rings. The highest BCUT2D eigenvalue weighted by molar-refractivity contribution is 5.94. The van der Waals surface area contributed by atoms with E-state index in [1.54, 1.807) is 19.2 Å². The van der Waals surface area contributed by atoms with E-state index in [-0.39, 0.29) is 17.7 Å². The minimum atomic E-state index is 0.0465. The van der Waals surface area contributed by atoms with E-state index in [2.05, 4.69) is 15.1 Å². The SMILES string of the molecule is CC(=O)N1CCC(c2noc(CC3CN(C(=O)c4ccnc(C)c4)C3)n2)CC1. The predicted molar refractivity (Wildman–Crippen MR) is 101 cm³/mol. The average molecular weight is 383 g/mol. The maximum absolute atomic E-state index is 12.5. The van der Waals surface area contributed by atoms with E-state index in [0.29, 0.717) is 36.9 Å². The zero-order chi connectivity index (χ0) is 19.7. The van der Waals surface area contributed by atoms with Crippen molar-refractivity contribution in [3.63, 3.8) is 0 Å². The van der Waals surface area contributed by atoms with Gasteiger partial charge in [-0.05, 0) is 31.9 Å². The average Bonchev–Trinajstić information content (AvgIpc) is 3.12. The highest BCUT2D eigenvalue weighted by Gasteiger charge is 2.33. The second kappa shape index (κ2) is 7.69. The molecule has 148 valence electrons. The number of hydrogen-bond donors (Lipinski definition) is 0. The van der Waals surface area contributed by atoms with Crippen molar-refractivity contribution in [2.75, 3.05) is 26.2 Å². The van der Waals surface area contributed by atoms with Crippen LogP contribution in [-0.2, 0) is 11.2 Å². The minimum Gasteiger partial charge on any atom is -0.343 e. The normalized spacial score (nSPS) is 18.2. The van der Waals surface area contributed by atoms with Crippen molar-refractivity contribution in [3.05, 3.63) is 41.3 Å². The van der Waals surface area contributed by atoms with E-state index in [1.165, 1.54) is 0 Å². The third-order valence-corrected chi connectivity index (χ3v) is 5.64. The summed E-state index contributed by atoms with van der Waals surface area (Å²) in [5, 5.41) is 4.16. The van der Waals surface area contributed by atoms with Gasteiger partial charge in [-0.3, -0.25) is 14.6 Å². The second-order valence-corrected chi connectivity index (χ2v) is 7.79. The minimum absolute atomic E-state index is 0.0465. The zero-order valence-electron chi connectivity index (χ0n) is 16.3. The molecule has 0 aliphatic carbocycles. The molecule has 4 rings (SSSR count). The Kier molecular flexibility index (Phi) is 5.11. The van der Waals surface area contributed by atoms with Crippen molar-refractivity contribution in [2.45, 2.75) is 39.0 Å². The molecule has 2 aliphatic heterocycles. The van der Waals surface area contributed by atoms with Crippen LogP contribution in [0.1, 0.15) is 53.5 Å². The molecule has 2 fully saturated rings. The van der Waals surface area contributed by atoms with Crippen molar-refractivity contribution in [1.29, 1.82) is 0 Å². The largest absolute Gasteiger partial charge is 0.343 e. The molecule has 0 saturated carbocycles. The van der Waals surface area contributed by atoms with Gasteiger partial charge < -0.3 is 14.3 Å². The van der Waals surface area contributed by atoms with Crippen LogP contribution in [0.15, 0.2) is 22.9 Å². The van der Waals surface area contributed by atoms with Gasteiger partial charge in [-0.25, -0.2) is 0 Å². The first-order valence-corrected chi connectivity index (χ1v) is 9.79. The monoisotopic (exact) mass is 383 g/mol. The van der Waals surface area contributed by atoms with Crippen LogP contribution in [0.4, 0.5) is 0 Å². The number of pyridine rings is 1. The number of nitrogens with zero attached hydrogens (tertiary/aromatic N) is 5. The van der Waals surface area contributed by atoms with Gasteiger partial charge in [0, 0.05) is 68.8 Å². The Morgan fingerprint density at radius 3 is 2.64 bits per heavy atom. The number of amides is 2. The summed E-state index contributed by atoms with van der Waals surface area (Å²) in [6, 6.07) is 3.57. The molecule has 8 nitrogen and oxygen atoms in total. The van der Waals surface area contributed by atoms with Crippen LogP contribution >= 0.6 is 0 Å². The Bertz CT molecular complexity index is 866. The maximum atomic E-state index is 12.5. The zero-order valence-corrected chi connectivity index (χ0v) is 16.3.